The first-order chi connectivity index (χ1) is 29.7. The van der Waals surface area contributed by atoms with Gasteiger partial charge >= 0.3 is 0 Å². The van der Waals surface area contributed by atoms with Crippen molar-refractivity contribution >= 4 is 28.1 Å². The van der Waals surface area contributed by atoms with Gasteiger partial charge in [-0.05, 0) is 77.5 Å². The van der Waals surface area contributed by atoms with E-state index in [-0.39, 0.29) is 31.2 Å². The second-order valence-electron chi connectivity index (χ2n) is 14.5. The number of pyridine rings is 1. The van der Waals surface area contributed by atoms with Crippen LogP contribution in [0.2, 0.25) is 0 Å². The van der Waals surface area contributed by atoms with E-state index in [9.17, 15) is 0 Å². The summed E-state index contributed by atoms with van der Waals surface area (Å²) in [7, 11) is 0. The molecule has 57 heavy (non-hydrogen) atoms. The van der Waals surface area contributed by atoms with Crippen LogP contribution in [0.5, 0.6) is 23.0 Å². The number of rotatable bonds is 5. The van der Waals surface area contributed by atoms with Gasteiger partial charge in [-0.2, -0.15) is 0 Å². The van der Waals surface area contributed by atoms with E-state index >= 15 is 0 Å². The summed E-state index contributed by atoms with van der Waals surface area (Å²) in [6, 6.07) is 47.1. The molecule has 8 aromatic rings. The van der Waals surface area contributed by atoms with E-state index in [1.807, 2.05) is 48.5 Å². The average molecular weight is 929 g/mol. The number of hydrogen-bond donors (Lipinski definition) is 0. The molecule has 6 nitrogen and oxygen atoms in total. The summed E-state index contributed by atoms with van der Waals surface area (Å²) in [5, 5.41) is 0. The first-order valence-corrected chi connectivity index (χ1v) is 18.7. The molecule has 0 spiro atoms. The molecular formula is C50H42IrN4O2-2. The van der Waals surface area contributed by atoms with E-state index in [1.165, 1.54) is 41.2 Å². The van der Waals surface area contributed by atoms with Crippen molar-refractivity contribution in [2.45, 2.75) is 53.2 Å². The average Bonchev–Trinajstić information content (AvgIpc) is 3.64. The summed E-state index contributed by atoms with van der Waals surface area (Å²) in [6.07, 6.45) is 1.30. The van der Waals surface area contributed by atoms with E-state index in [1.54, 1.807) is 12.1 Å². The van der Waals surface area contributed by atoms with Crippen LogP contribution in [0, 0.1) is 25.8 Å². The summed E-state index contributed by atoms with van der Waals surface area (Å²) >= 11 is 0. The fourth-order valence-corrected chi connectivity index (χ4v) is 7.46. The van der Waals surface area contributed by atoms with Gasteiger partial charge in [-0.15, -0.1) is 53.6 Å². The number of para-hydroxylation sites is 6. The molecule has 0 bridgehead atoms. The maximum absolute atomic E-state index is 7.28. The Labute approximate surface area is 356 Å². The summed E-state index contributed by atoms with van der Waals surface area (Å²) in [4.78, 5) is 11.6. The number of imidazole rings is 1. The number of ether oxygens (including phenoxy) is 2. The molecule has 4 heterocycles. The van der Waals surface area contributed by atoms with Crippen molar-refractivity contribution in [1.82, 2.24) is 14.5 Å². The van der Waals surface area contributed by atoms with Gasteiger partial charge < -0.3 is 23.9 Å². The fourth-order valence-electron chi connectivity index (χ4n) is 7.46. The molecule has 285 valence electrons. The van der Waals surface area contributed by atoms with Gasteiger partial charge in [-0.25, -0.2) is 0 Å². The largest absolute Gasteiger partial charge is 0.497 e. The van der Waals surface area contributed by atoms with Crippen molar-refractivity contribution in [2.75, 3.05) is 4.90 Å². The summed E-state index contributed by atoms with van der Waals surface area (Å²) < 4.78 is 59.0. The first-order valence-electron chi connectivity index (χ1n) is 21.7. The molecule has 1 radical (unpaired) electrons. The Morgan fingerprint density at radius 1 is 0.649 bits per heavy atom. The third-order valence-electron chi connectivity index (χ3n) is 10.1. The van der Waals surface area contributed by atoms with E-state index in [2.05, 4.69) is 103 Å². The van der Waals surface area contributed by atoms with Crippen molar-refractivity contribution in [1.29, 1.82) is 0 Å². The van der Waals surface area contributed by atoms with Crippen molar-refractivity contribution in [3.05, 3.63) is 168 Å². The molecule has 0 fully saturated rings. The molecule has 0 saturated heterocycles. The molecule has 6 aromatic carbocycles. The van der Waals surface area contributed by atoms with Crippen LogP contribution in [0.25, 0.3) is 39.4 Å². The minimum Gasteiger partial charge on any atom is -0.497 e. The smallest absolute Gasteiger partial charge is 0.155 e. The maximum atomic E-state index is 7.28. The zero-order valence-corrected chi connectivity index (χ0v) is 34.2. The monoisotopic (exact) mass is 929 g/mol. The molecule has 0 saturated carbocycles. The van der Waals surface area contributed by atoms with Crippen LogP contribution in [-0.4, -0.2) is 14.5 Å². The topological polar surface area (TPSA) is 52.4 Å². The second-order valence-corrected chi connectivity index (χ2v) is 14.5. The van der Waals surface area contributed by atoms with Gasteiger partial charge in [-0.3, -0.25) is 4.98 Å². The Balaban J connectivity index is 0.000000219. The van der Waals surface area contributed by atoms with E-state index in [0.29, 0.717) is 23.1 Å². The molecular weight excluding hydrogens is 881 g/mol. The van der Waals surface area contributed by atoms with Crippen LogP contribution in [0.15, 0.2) is 134 Å². The van der Waals surface area contributed by atoms with Crippen molar-refractivity contribution in [3.8, 4) is 51.3 Å². The SMILES string of the molecule is CC(C)c1cccc(C(C)C)c1-n1c(-c2[c-]ccc3c2Oc2cccc4c2N3c2ccccc2O4)nc2ccccc21.[2H]C([2H])([2H])c1c[c-]c(-c2ccc(C([2H])([2H])[2H])cn2)cc1.[Ir]. The minimum absolute atomic E-state index is 0. The van der Waals surface area contributed by atoms with Crippen molar-refractivity contribution in [2.24, 2.45) is 0 Å². The molecule has 0 atom stereocenters. The fraction of sp³-hybridized carbons (Fsp3) is 0.160. The number of aromatic nitrogens is 3. The number of hydrogen-bond acceptors (Lipinski definition) is 5. The van der Waals surface area contributed by atoms with Gasteiger partial charge in [0.2, 0.25) is 0 Å². The van der Waals surface area contributed by atoms with Crippen LogP contribution in [0.1, 0.15) is 70.0 Å². The van der Waals surface area contributed by atoms with Gasteiger partial charge in [0.1, 0.15) is 11.4 Å². The zero-order valence-electron chi connectivity index (χ0n) is 37.8. The van der Waals surface area contributed by atoms with E-state index < -0.39 is 13.7 Å². The zero-order chi connectivity index (χ0) is 43.5. The normalized spacial score (nSPS) is 14.1. The maximum Gasteiger partial charge on any atom is 0.155 e. The number of aryl methyl sites for hydroxylation is 2. The standard InChI is InChI=1S/C37H30N3O2.C13H12N.Ir/c1-22(2)24-12-9-13-25(23(3)4)34(24)40-28-16-6-5-15-27(28)38-37(40)26-14-10-18-30-36(26)42-33-21-11-20-32-35(33)39(30)29-17-7-8-19-31(29)41-32;1-10-3-6-12(7-4-10)13-8-5-11(2)9-14-13;/h5-13,15-23H,1-4H3;3-6,8-9H,1-2H3;/q2*-1;/i;1D3,2D3;. The summed E-state index contributed by atoms with van der Waals surface area (Å²) in [6.45, 7) is 4.68. The van der Waals surface area contributed by atoms with Gasteiger partial charge in [0.05, 0.1) is 28.3 Å². The Morgan fingerprint density at radius 3 is 2.07 bits per heavy atom. The predicted molar refractivity (Wildman–Crippen MR) is 226 cm³/mol. The number of fused-ring (bicyclic) bond motifs is 5. The molecule has 0 amide bonds. The third kappa shape index (κ3) is 6.81. The third-order valence-corrected chi connectivity index (χ3v) is 10.1. The Hall–Kier alpha value is -6.01. The molecule has 0 unspecified atom stereocenters. The van der Waals surface area contributed by atoms with Gasteiger partial charge in [0.25, 0.3) is 0 Å². The molecule has 2 aromatic heterocycles. The number of benzene rings is 6. The molecule has 10 rings (SSSR count). The van der Waals surface area contributed by atoms with Crippen molar-refractivity contribution in [3.63, 3.8) is 0 Å². The predicted octanol–water partition coefficient (Wildman–Crippen LogP) is 13.6. The van der Waals surface area contributed by atoms with E-state index in [0.717, 1.165) is 62.5 Å². The van der Waals surface area contributed by atoms with Gasteiger partial charge in [0, 0.05) is 45.9 Å². The van der Waals surface area contributed by atoms with Crippen LogP contribution < -0.4 is 14.4 Å². The molecule has 2 aliphatic rings. The first kappa shape index (κ1) is 31.1. The van der Waals surface area contributed by atoms with Crippen LogP contribution in [0.3, 0.4) is 0 Å². The second kappa shape index (κ2) is 15.5. The van der Waals surface area contributed by atoms with Crippen LogP contribution >= 0.6 is 0 Å². The summed E-state index contributed by atoms with van der Waals surface area (Å²) in [5.74, 6) is 4.51. The van der Waals surface area contributed by atoms with Gasteiger partial charge in [-0.1, -0.05) is 101 Å². The Bertz CT molecular complexity index is 2880. The minimum atomic E-state index is -2.18. The molecule has 0 N–H and O–H groups in total. The molecule has 0 aliphatic carbocycles. The Kier molecular flexibility index (Phi) is 8.46. The van der Waals surface area contributed by atoms with Crippen molar-refractivity contribution < 1.29 is 37.8 Å². The number of anilines is 3. The van der Waals surface area contributed by atoms with Gasteiger partial charge in [0.15, 0.2) is 11.5 Å². The Morgan fingerprint density at radius 2 is 1.35 bits per heavy atom. The number of nitrogens with zero attached hydrogens (tertiary/aromatic N) is 4. The molecule has 7 heteroatoms. The summed E-state index contributed by atoms with van der Waals surface area (Å²) in [5.41, 5.74) is 10.9. The molecule has 2 aliphatic heterocycles. The quantitative estimate of drug-likeness (QED) is 0.161. The van der Waals surface area contributed by atoms with Crippen LogP contribution in [-0.2, 0) is 20.1 Å². The van der Waals surface area contributed by atoms with Crippen LogP contribution in [0.4, 0.5) is 17.1 Å². The van der Waals surface area contributed by atoms with E-state index in [4.69, 9.17) is 22.7 Å².